The number of carbonyl (C=O) groups excluding carboxylic acids is 1. The van der Waals surface area contributed by atoms with E-state index in [4.69, 9.17) is 20.8 Å². The van der Waals surface area contributed by atoms with Gasteiger partial charge in [-0.05, 0) is 31.2 Å². The first-order chi connectivity index (χ1) is 10.7. The number of hydrogen-bond acceptors (Lipinski definition) is 6. The predicted octanol–water partition coefficient (Wildman–Crippen LogP) is 2.99. The van der Waals surface area contributed by atoms with Crippen molar-refractivity contribution >= 4 is 33.5 Å². The molecular weight excluding hydrogens is 346 g/mol. The average Bonchev–Trinajstić information content (AvgIpc) is 2.76. The number of rotatable bonds is 5. The number of carbonyl (C=O) groups is 1. The third kappa shape index (κ3) is 3.96. The second kappa shape index (κ2) is 6.51. The fourth-order valence-electron chi connectivity index (χ4n) is 1.72. The summed E-state index contributed by atoms with van der Waals surface area (Å²) in [6.45, 7) is 2.54. The molecule has 1 heterocycles. The summed E-state index contributed by atoms with van der Waals surface area (Å²) in [6.07, 6.45) is 0. The second-order valence-electron chi connectivity index (χ2n) is 4.54. The Labute approximate surface area is 137 Å². The Morgan fingerprint density at radius 1 is 1.35 bits per heavy atom. The quantitative estimate of drug-likeness (QED) is 0.795. The number of aromatic hydroxyl groups is 1. The molecule has 0 aliphatic carbocycles. The smallest absolute Gasteiger partial charge is 0.308 e. The van der Waals surface area contributed by atoms with Crippen LogP contribution in [0.5, 0.6) is 11.5 Å². The topological polar surface area (TPSA) is 106 Å². The third-order valence-electron chi connectivity index (χ3n) is 2.82. The number of ether oxygens (including phenoxy) is 1. The highest BCUT2D eigenvalue weighted by Crippen LogP contribution is 2.46. The first-order valence-corrected chi connectivity index (χ1v) is 8.57. The van der Waals surface area contributed by atoms with E-state index in [1.165, 1.54) is 6.92 Å². The molecule has 23 heavy (non-hydrogen) atoms. The van der Waals surface area contributed by atoms with Crippen LogP contribution in [0.4, 0.5) is 5.88 Å². The van der Waals surface area contributed by atoms with Crippen molar-refractivity contribution in [3.63, 3.8) is 0 Å². The zero-order valence-corrected chi connectivity index (χ0v) is 13.9. The largest absolute Gasteiger partial charge is 0.502 e. The van der Waals surface area contributed by atoms with E-state index in [1.807, 2.05) is 0 Å². The summed E-state index contributed by atoms with van der Waals surface area (Å²) in [5.41, 5.74) is 0.433. The molecular formula is C14H14ClNO6S. The third-order valence-corrected chi connectivity index (χ3v) is 4.33. The fraction of sp³-hybridized carbons (Fsp3) is 0.214. The van der Waals surface area contributed by atoms with Crippen LogP contribution in [0.1, 0.15) is 13.8 Å². The van der Waals surface area contributed by atoms with Crippen LogP contribution >= 0.6 is 11.6 Å². The van der Waals surface area contributed by atoms with Gasteiger partial charge in [0.15, 0.2) is 5.76 Å². The van der Waals surface area contributed by atoms with E-state index in [2.05, 4.69) is 4.72 Å². The van der Waals surface area contributed by atoms with Gasteiger partial charge in [-0.3, -0.25) is 4.79 Å². The lowest BCUT2D eigenvalue weighted by molar-refractivity contribution is -0.131. The van der Waals surface area contributed by atoms with E-state index in [9.17, 15) is 18.3 Å². The summed E-state index contributed by atoms with van der Waals surface area (Å²) in [4.78, 5) is 11.2. The lowest BCUT2D eigenvalue weighted by atomic mass is 10.1. The monoisotopic (exact) mass is 359 g/mol. The van der Waals surface area contributed by atoms with Gasteiger partial charge in [-0.15, -0.1) is 0 Å². The number of nitrogens with one attached hydrogen (secondary N) is 1. The van der Waals surface area contributed by atoms with Gasteiger partial charge >= 0.3 is 5.97 Å². The van der Waals surface area contributed by atoms with Crippen LogP contribution in [0.3, 0.4) is 0 Å². The first-order valence-electron chi connectivity index (χ1n) is 6.54. The minimum absolute atomic E-state index is 0.0493. The van der Waals surface area contributed by atoms with Crippen molar-refractivity contribution in [3.8, 4) is 22.8 Å². The lowest BCUT2D eigenvalue weighted by Crippen LogP contribution is -2.15. The predicted molar refractivity (Wildman–Crippen MR) is 85.2 cm³/mol. The van der Waals surface area contributed by atoms with Crippen molar-refractivity contribution in [2.75, 3.05) is 10.5 Å². The Morgan fingerprint density at radius 2 is 1.96 bits per heavy atom. The van der Waals surface area contributed by atoms with E-state index in [0.717, 1.165) is 6.92 Å². The highest BCUT2D eigenvalue weighted by Gasteiger charge is 2.26. The molecule has 1 aromatic carbocycles. The van der Waals surface area contributed by atoms with Crippen LogP contribution in [0.2, 0.25) is 5.02 Å². The van der Waals surface area contributed by atoms with Gasteiger partial charge in [0.05, 0.1) is 5.75 Å². The molecule has 0 aliphatic rings. The van der Waals surface area contributed by atoms with Crippen LogP contribution in [-0.2, 0) is 14.8 Å². The van der Waals surface area contributed by atoms with E-state index in [0.29, 0.717) is 10.6 Å². The van der Waals surface area contributed by atoms with Gasteiger partial charge in [0.25, 0.3) is 5.88 Å². The molecule has 9 heteroatoms. The molecule has 0 bridgehead atoms. The molecule has 0 unspecified atom stereocenters. The van der Waals surface area contributed by atoms with Crippen LogP contribution < -0.4 is 9.46 Å². The van der Waals surface area contributed by atoms with Crippen LogP contribution in [-0.4, -0.2) is 25.2 Å². The molecule has 0 amide bonds. The molecule has 0 atom stereocenters. The summed E-state index contributed by atoms with van der Waals surface area (Å²) in [5, 5.41) is 10.7. The van der Waals surface area contributed by atoms with Crippen molar-refractivity contribution in [2.24, 2.45) is 0 Å². The molecule has 0 saturated carbocycles. The maximum atomic E-state index is 11.7. The molecule has 7 nitrogen and oxygen atoms in total. The maximum absolute atomic E-state index is 11.7. The van der Waals surface area contributed by atoms with Gasteiger partial charge in [0.2, 0.25) is 21.5 Å². The van der Waals surface area contributed by atoms with E-state index in [1.54, 1.807) is 24.3 Å². The molecule has 2 N–H and O–H groups in total. The molecule has 0 aliphatic heterocycles. The molecule has 0 saturated heterocycles. The lowest BCUT2D eigenvalue weighted by Gasteiger charge is -2.04. The number of halogens is 1. The Bertz CT molecular complexity index is 826. The number of sulfonamides is 1. The highest BCUT2D eigenvalue weighted by molar-refractivity contribution is 7.92. The zero-order valence-electron chi connectivity index (χ0n) is 12.3. The molecule has 2 rings (SSSR count). The number of benzene rings is 1. The van der Waals surface area contributed by atoms with Gasteiger partial charge < -0.3 is 14.3 Å². The highest BCUT2D eigenvalue weighted by atomic mass is 35.5. The van der Waals surface area contributed by atoms with Gasteiger partial charge in [0, 0.05) is 17.5 Å². The van der Waals surface area contributed by atoms with Crippen LogP contribution in [0.15, 0.2) is 28.7 Å². The van der Waals surface area contributed by atoms with Gasteiger partial charge in [-0.2, -0.15) is 0 Å². The first kappa shape index (κ1) is 17.2. The Balaban J connectivity index is 2.55. The molecule has 0 spiro atoms. The number of anilines is 1. The summed E-state index contributed by atoms with van der Waals surface area (Å²) < 4.78 is 35.7. The number of esters is 1. The Morgan fingerprint density at radius 3 is 2.48 bits per heavy atom. The summed E-state index contributed by atoms with van der Waals surface area (Å²) >= 11 is 5.80. The molecule has 1 aromatic heterocycles. The number of hydrogen-bond donors (Lipinski definition) is 2. The van der Waals surface area contributed by atoms with Crippen molar-refractivity contribution in [1.82, 2.24) is 0 Å². The minimum Gasteiger partial charge on any atom is -0.502 e. The van der Waals surface area contributed by atoms with Crippen LogP contribution in [0.25, 0.3) is 11.3 Å². The van der Waals surface area contributed by atoms with Crippen molar-refractivity contribution in [3.05, 3.63) is 29.3 Å². The summed E-state index contributed by atoms with van der Waals surface area (Å²) in [7, 11) is -3.69. The van der Waals surface area contributed by atoms with E-state index >= 15 is 0 Å². The van der Waals surface area contributed by atoms with Crippen molar-refractivity contribution in [2.45, 2.75) is 13.8 Å². The normalized spacial score (nSPS) is 11.3. The fourth-order valence-corrected chi connectivity index (χ4v) is 2.41. The Hall–Kier alpha value is -2.19. The van der Waals surface area contributed by atoms with Gasteiger partial charge in [0.1, 0.15) is 0 Å². The summed E-state index contributed by atoms with van der Waals surface area (Å²) in [5.74, 6) is -2.25. The van der Waals surface area contributed by atoms with Gasteiger partial charge in [-0.1, -0.05) is 11.6 Å². The standard InChI is InChI=1S/C14H14ClNO6S/c1-3-23(19,20)16-14-13(21-8(2)17)11(18)12(22-14)9-4-6-10(15)7-5-9/h4-7,16,18H,3H2,1-2H3. The van der Waals surface area contributed by atoms with E-state index < -0.39 is 21.7 Å². The van der Waals surface area contributed by atoms with Gasteiger partial charge in [-0.25, -0.2) is 13.1 Å². The maximum Gasteiger partial charge on any atom is 0.308 e. The van der Waals surface area contributed by atoms with Crippen molar-refractivity contribution in [1.29, 1.82) is 0 Å². The number of furan rings is 1. The molecule has 0 fully saturated rings. The molecule has 0 radical (unpaired) electrons. The minimum atomic E-state index is -3.69. The zero-order chi connectivity index (χ0) is 17.2. The molecule has 2 aromatic rings. The summed E-state index contributed by atoms with van der Waals surface area (Å²) in [6, 6.07) is 6.27. The SMILES string of the molecule is CCS(=O)(=O)Nc1oc(-c2ccc(Cl)cc2)c(O)c1OC(C)=O. The van der Waals surface area contributed by atoms with Crippen molar-refractivity contribution < 1.29 is 27.5 Å². The average molecular weight is 360 g/mol. The Kier molecular flexibility index (Phi) is 4.86. The van der Waals surface area contributed by atoms with Crippen LogP contribution in [0, 0.1) is 0 Å². The molecule has 124 valence electrons. The second-order valence-corrected chi connectivity index (χ2v) is 6.99. The van der Waals surface area contributed by atoms with E-state index in [-0.39, 0.29) is 23.1 Å².